The highest BCUT2D eigenvalue weighted by molar-refractivity contribution is 5.76. The summed E-state index contributed by atoms with van der Waals surface area (Å²) < 4.78 is 22.7. The van der Waals surface area contributed by atoms with Crippen LogP contribution in [0.3, 0.4) is 0 Å². The number of rotatable bonds is 44. The molecule has 406 valence electrons. The third kappa shape index (κ3) is 28.5. The van der Waals surface area contributed by atoms with Gasteiger partial charge in [0, 0.05) is 6.42 Å². The van der Waals surface area contributed by atoms with Crippen molar-refractivity contribution in [2.45, 2.75) is 299 Å². The lowest BCUT2D eigenvalue weighted by atomic mass is 9.97. The molecule has 0 aromatic rings. The largest absolute Gasteiger partial charge is 0.394 e. The molecule has 14 nitrogen and oxygen atoms in total. The summed E-state index contributed by atoms with van der Waals surface area (Å²) in [6.07, 6.45) is 30.7. The zero-order valence-corrected chi connectivity index (χ0v) is 43.3. The maximum atomic E-state index is 13.2. The molecular weight excluding hydrogens is 883 g/mol. The van der Waals surface area contributed by atoms with Gasteiger partial charge in [0.05, 0.1) is 32.0 Å². The quantitative estimate of drug-likeness (QED) is 0.0206. The van der Waals surface area contributed by atoms with Crippen molar-refractivity contribution in [1.29, 1.82) is 0 Å². The van der Waals surface area contributed by atoms with E-state index in [1.807, 2.05) is 6.08 Å². The summed E-state index contributed by atoms with van der Waals surface area (Å²) in [5.74, 6) is -0.241. The van der Waals surface area contributed by atoms with E-state index in [0.29, 0.717) is 6.42 Å². The fourth-order valence-electron chi connectivity index (χ4n) is 9.29. The fourth-order valence-corrected chi connectivity index (χ4v) is 9.29. The summed E-state index contributed by atoms with van der Waals surface area (Å²) >= 11 is 0. The third-order valence-electron chi connectivity index (χ3n) is 13.9. The van der Waals surface area contributed by atoms with Crippen molar-refractivity contribution >= 4 is 5.91 Å². The van der Waals surface area contributed by atoms with Crippen molar-refractivity contribution in [3.05, 3.63) is 24.3 Å². The van der Waals surface area contributed by atoms with Gasteiger partial charge in [-0.05, 0) is 44.9 Å². The molecular formula is C55H103NO13. The standard InChI is InChI=1S/C55H103NO13/c1-3-5-7-9-11-13-15-17-19-20-21-22-23-24-25-27-29-31-33-35-37-39-47(60)56-43(44(59)38-36-34-32-30-28-26-18-16-14-12-10-8-6-4-2)42-66-54-52(65)50(63)53(46(41-58)68-54)69-55-51(64)49(62)48(61)45(40-57)67-55/h20-21,36,38,43-46,48-55,57-59,61-65H,3-19,22-35,37,39-42H2,1-2H3,(H,56,60)/b21-20-,38-36+. The topological polar surface area (TPSA) is 228 Å². The van der Waals surface area contributed by atoms with Crippen LogP contribution in [0.15, 0.2) is 24.3 Å². The molecule has 2 aliphatic heterocycles. The predicted molar refractivity (Wildman–Crippen MR) is 272 cm³/mol. The molecule has 69 heavy (non-hydrogen) atoms. The first kappa shape index (κ1) is 63.6. The van der Waals surface area contributed by atoms with Crippen molar-refractivity contribution in [2.24, 2.45) is 0 Å². The number of aliphatic hydroxyl groups is 8. The molecule has 2 fully saturated rings. The van der Waals surface area contributed by atoms with Crippen LogP contribution in [-0.4, -0.2) is 140 Å². The average Bonchev–Trinajstić information content (AvgIpc) is 3.35. The molecule has 2 saturated heterocycles. The molecule has 1 amide bonds. The molecule has 0 spiro atoms. The number of nitrogens with one attached hydrogen (secondary N) is 1. The highest BCUT2D eigenvalue weighted by Gasteiger charge is 2.51. The molecule has 0 aromatic heterocycles. The number of carbonyl (C=O) groups excluding carboxylic acids is 1. The second kappa shape index (κ2) is 41.9. The minimum Gasteiger partial charge on any atom is -0.394 e. The number of unbranched alkanes of at least 4 members (excludes halogenated alkanes) is 29. The van der Waals surface area contributed by atoms with Crippen molar-refractivity contribution in [2.75, 3.05) is 19.8 Å². The van der Waals surface area contributed by atoms with Crippen LogP contribution in [-0.2, 0) is 23.7 Å². The molecule has 0 bridgehead atoms. The van der Waals surface area contributed by atoms with E-state index in [2.05, 4.69) is 31.3 Å². The first-order chi connectivity index (χ1) is 33.6. The van der Waals surface area contributed by atoms with Gasteiger partial charge < -0.3 is 65.1 Å². The molecule has 0 aromatic carbocycles. The molecule has 9 N–H and O–H groups in total. The van der Waals surface area contributed by atoms with Crippen LogP contribution < -0.4 is 5.32 Å². The Kier molecular flexibility index (Phi) is 38.6. The molecule has 14 heteroatoms. The van der Waals surface area contributed by atoms with E-state index in [0.717, 1.165) is 38.5 Å². The summed E-state index contributed by atoms with van der Waals surface area (Å²) in [7, 11) is 0. The van der Waals surface area contributed by atoms with Crippen molar-refractivity contribution in [1.82, 2.24) is 5.32 Å². The van der Waals surface area contributed by atoms with Crippen LogP contribution in [0.2, 0.25) is 0 Å². The Morgan fingerprint density at radius 1 is 0.507 bits per heavy atom. The van der Waals surface area contributed by atoms with Crippen molar-refractivity contribution in [3.63, 3.8) is 0 Å². The summed E-state index contributed by atoms with van der Waals surface area (Å²) in [5.41, 5.74) is 0. The number of hydrogen-bond donors (Lipinski definition) is 9. The SMILES string of the molecule is CCCCCCCCCC/C=C\CCCCCCCCCCCC(=O)NC(COC1OC(CO)C(OC2OC(CO)C(O)C(O)C2O)C(O)C1O)C(O)/C=C/CCCCCCCCCCCCCC. The van der Waals surface area contributed by atoms with Crippen LogP contribution in [0.25, 0.3) is 0 Å². The van der Waals surface area contributed by atoms with Gasteiger partial charge in [0.2, 0.25) is 5.91 Å². The lowest BCUT2D eigenvalue weighted by Gasteiger charge is -2.46. The number of hydrogen-bond acceptors (Lipinski definition) is 13. The minimum absolute atomic E-state index is 0.241. The van der Waals surface area contributed by atoms with E-state index in [4.69, 9.17) is 18.9 Å². The Bertz CT molecular complexity index is 1260. The zero-order chi connectivity index (χ0) is 50.3. The van der Waals surface area contributed by atoms with E-state index in [1.54, 1.807) is 6.08 Å². The van der Waals surface area contributed by atoms with E-state index in [-0.39, 0.29) is 18.9 Å². The van der Waals surface area contributed by atoms with E-state index >= 15 is 0 Å². The van der Waals surface area contributed by atoms with Crippen LogP contribution >= 0.6 is 0 Å². The predicted octanol–water partition coefficient (Wildman–Crippen LogP) is 8.50. The lowest BCUT2D eigenvalue weighted by molar-refractivity contribution is -0.359. The van der Waals surface area contributed by atoms with Gasteiger partial charge in [-0.25, -0.2) is 0 Å². The van der Waals surface area contributed by atoms with Crippen LogP contribution in [0.5, 0.6) is 0 Å². The minimum atomic E-state index is -1.79. The fraction of sp³-hybridized carbons (Fsp3) is 0.909. The molecule has 12 unspecified atom stereocenters. The van der Waals surface area contributed by atoms with E-state index < -0.39 is 86.8 Å². The Balaban J connectivity index is 1.78. The molecule has 0 radical (unpaired) electrons. The molecule has 2 heterocycles. The van der Waals surface area contributed by atoms with E-state index in [1.165, 1.54) is 161 Å². The molecule has 12 atom stereocenters. The van der Waals surface area contributed by atoms with Crippen molar-refractivity contribution in [3.8, 4) is 0 Å². The van der Waals surface area contributed by atoms with Gasteiger partial charge in [-0.2, -0.15) is 0 Å². The normalized spacial score (nSPS) is 26.3. The Morgan fingerprint density at radius 3 is 1.38 bits per heavy atom. The Hall–Kier alpha value is -1.53. The smallest absolute Gasteiger partial charge is 0.220 e. The van der Waals surface area contributed by atoms with Gasteiger partial charge in [0.25, 0.3) is 0 Å². The number of amides is 1. The molecule has 2 aliphatic rings. The van der Waals surface area contributed by atoms with Gasteiger partial charge in [-0.1, -0.05) is 199 Å². The van der Waals surface area contributed by atoms with Gasteiger partial charge in [-0.15, -0.1) is 0 Å². The summed E-state index contributed by atoms with van der Waals surface area (Å²) in [4.78, 5) is 13.2. The van der Waals surface area contributed by atoms with Gasteiger partial charge in [-0.3, -0.25) is 4.79 Å². The number of ether oxygens (including phenoxy) is 4. The number of carbonyl (C=O) groups is 1. The maximum absolute atomic E-state index is 13.2. The number of allylic oxidation sites excluding steroid dienone is 3. The Labute approximate surface area is 418 Å². The maximum Gasteiger partial charge on any atom is 0.220 e. The lowest BCUT2D eigenvalue weighted by Crippen LogP contribution is -2.65. The third-order valence-corrected chi connectivity index (χ3v) is 13.9. The van der Waals surface area contributed by atoms with E-state index in [9.17, 15) is 45.6 Å². The monoisotopic (exact) mass is 986 g/mol. The van der Waals surface area contributed by atoms with Gasteiger partial charge in [0.1, 0.15) is 48.8 Å². The summed E-state index contributed by atoms with van der Waals surface area (Å²) in [6.45, 7) is 2.80. The second-order valence-corrected chi connectivity index (χ2v) is 20.1. The first-order valence-corrected chi connectivity index (χ1v) is 28.1. The zero-order valence-electron chi connectivity index (χ0n) is 43.3. The van der Waals surface area contributed by atoms with Crippen LogP contribution in [0.1, 0.15) is 226 Å². The molecule has 2 rings (SSSR count). The molecule has 0 saturated carbocycles. The highest BCUT2D eigenvalue weighted by atomic mass is 16.7. The van der Waals surface area contributed by atoms with Gasteiger partial charge >= 0.3 is 0 Å². The van der Waals surface area contributed by atoms with Crippen molar-refractivity contribution < 1.29 is 64.6 Å². The summed E-state index contributed by atoms with van der Waals surface area (Å²) in [5, 5.41) is 86.9. The molecule has 0 aliphatic carbocycles. The highest BCUT2D eigenvalue weighted by Crippen LogP contribution is 2.30. The summed E-state index contributed by atoms with van der Waals surface area (Å²) in [6, 6.07) is -0.912. The average molecular weight is 986 g/mol. The Morgan fingerprint density at radius 2 is 0.913 bits per heavy atom. The van der Waals surface area contributed by atoms with Gasteiger partial charge in [0.15, 0.2) is 12.6 Å². The second-order valence-electron chi connectivity index (χ2n) is 20.1. The van der Waals surface area contributed by atoms with Crippen LogP contribution in [0, 0.1) is 0 Å². The number of aliphatic hydroxyl groups excluding tert-OH is 8. The van der Waals surface area contributed by atoms with Crippen LogP contribution in [0.4, 0.5) is 0 Å². The first-order valence-electron chi connectivity index (χ1n) is 28.1.